The second kappa shape index (κ2) is 5.85. The first-order valence-electron chi connectivity index (χ1n) is 5.15. The average Bonchev–Trinajstić information content (AvgIpc) is 2.33. The van der Waals surface area contributed by atoms with Crippen LogP contribution in [-0.4, -0.2) is 4.98 Å². The molecule has 0 N–H and O–H groups in total. The molecule has 1 heterocycles. The van der Waals surface area contributed by atoms with Crippen molar-refractivity contribution in [2.24, 2.45) is 0 Å². The highest BCUT2D eigenvalue weighted by Crippen LogP contribution is 2.33. The van der Waals surface area contributed by atoms with E-state index < -0.39 is 0 Å². The molecule has 1 unspecified atom stereocenters. The number of pyridine rings is 1. The van der Waals surface area contributed by atoms with Crippen molar-refractivity contribution in [2.75, 3.05) is 0 Å². The van der Waals surface area contributed by atoms with Gasteiger partial charge in [-0.15, -0.1) is 0 Å². The Morgan fingerprint density at radius 3 is 2.53 bits per heavy atom. The van der Waals surface area contributed by atoms with Gasteiger partial charge < -0.3 is 0 Å². The summed E-state index contributed by atoms with van der Waals surface area (Å²) in [6, 6.07) is 9.49. The van der Waals surface area contributed by atoms with Crippen molar-refractivity contribution in [3.63, 3.8) is 0 Å². The molecule has 0 radical (unpaired) electrons. The van der Waals surface area contributed by atoms with E-state index >= 15 is 0 Å². The first-order chi connectivity index (χ1) is 8.16. The molecular formula is C13H10BrCl2N. The van der Waals surface area contributed by atoms with Crippen molar-refractivity contribution in [3.8, 4) is 0 Å². The minimum atomic E-state index is 0.149. The molecule has 17 heavy (non-hydrogen) atoms. The third-order valence-corrected chi connectivity index (χ3v) is 3.86. The molecular weight excluding hydrogens is 321 g/mol. The molecule has 0 saturated heterocycles. The van der Waals surface area contributed by atoms with Crippen LogP contribution in [0.1, 0.15) is 16.0 Å². The van der Waals surface area contributed by atoms with Crippen LogP contribution in [0.15, 0.2) is 42.7 Å². The van der Waals surface area contributed by atoms with Gasteiger partial charge in [0.05, 0.1) is 0 Å². The van der Waals surface area contributed by atoms with Crippen LogP contribution >= 0.6 is 39.1 Å². The van der Waals surface area contributed by atoms with Gasteiger partial charge in [0.25, 0.3) is 0 Å². The maximum Gasteiger partial charge on any atom is 0.0450 e. The summed E-state index contributed by atoms with van der Waals surface area (Å²) in [6.07, 6.45) is 4.42. The maximum absolute atomic E-state index is 6.16. The van der Waals surface area contributed by atoms with Gasteiger partial charge in [-0.3, -0.25) is 4.98 Å². The smallest absolute Gasteiger partial charge is 0.0450 e. The van der Waals surface area contributed by atoms with E-state index in [9.17, 15) is 0 Å². The Hall–Kier alpha value is -0.570. The fraction of sp³-hybridized carbons (Fsp3) is 0.154. The van der Waals surface area contributed by atoms with E-state index in [1.165, 1.54) is 5.56 Å². The van der Waals surface area contributed by atoms with Crippen LogP contribution in [0.4, 0.5) is 0 Å². The number of alkyl halides is 1. The largest absolute Gasteiger partial charge is 0.265 e. The van der Waals surface area contributed by atoms with Gasteiger partial charge in [-0.05, 0) is 47.9 Å². The minimum absolute atomic E-state index is 0.149. The van der Waals surface area contributed by atoms with Gasteiger partial charge in [-0.1, -0.05) is 39.1 Å². The Balaban J connectivity index is 2.20. The first kappa shape index (κ1) is 12.9. The lowest BCUT2D eigenvalue weighted by Gasteiger charge is -2.12. The second-order valence-electron chi connectivity index (χ2n) is 3.69. The van der Waals surface area contributed by atoms with Crippen molar-refractivity contribution in [2.45, 2.75) is 11.2 Å². The highest BCUT2D eigenvalue weighted by Gasteiger charge is 2.12. The maximum atomic E-state index is 6.16. The molecule has 0 spiro atoms. The summed E-state index contributed by atoms with van der Waals surface area (Å²) in [6.45, 7) is 0. The van der Waals surface area contributed by atoms with Crippen molar-refractivity contribution in [1.82, 2.24) is 4.98 Å². The zero-order chi connectivity index (χ0) is 12.3. The summed E-state index contributed by atoms with van der Waals surface area (Å²) in [7, 11) is 0. The number of hydrogen-bond acceptors (Lipinski definition) is 1. The Kier molecular flexibility index (Phi) is 4.43. The van der Waals surface area contributed by atoms with Gasteiger partial charge in [0.15, 0.2) is 0 Å². The van der Waals surface area contributed by atoms with E-state index in [0.717, 1.165) is 17.0 Å². The average molecular weight is 331 g/mol. The van der Waals surface area contributed by atoms with Gasteiger partial charge in [0, 0.05) is 27.3 Å². The topological polar surface area (TPSA) is 12.9 Å². The monoisotopic (exact) mass is 329 g/mol. The highest BCUT2D eigenvalue weighted by atomic mass is 79.9. The first-order valence-corrected chi connectivity index (χ1v) is 6.82. The molecule has 0 amide bonds. The molecule has 1 aromatic heterocycles. The van der Waals surface area contributed by atoms with Gasteiger partial charge in [0.1, 0.15) is 0 Å². The Morgan fingerprint density at radius 1 is 1.12 bits per heavy atom. The lowest BCUT2D eigenvalue weighted by atomic mass is 10.1. The SMILES string of the molecule is Clc1ccc(Cl)c(C(Br)Cc2ccncc2)c1. The van der Waals surface area contributed by atoms with Crippen molar-refractivity contribution in [1.29, 1.82) is 0 Å². The van der Waals surface area contributed by atoms with E-state index in [1.54, 1.807) is 18.5 Å². The molecule has 0 fully saturated rings. The molecule has 1 aromatic carbocycles. The van der Waals surface area contributed by atoms with E-state index in [2.05, 4.69) is 20.9 Å². The van der Waals surface area contributed by atoms with Crippen LogP contribution in [-0.2, 0) is 6.42 Å². The molecule has 0 aliphatic heterocycles. The van der Waals surface area contributed by atoms with Gasteiger partial charge in [-0.25, -0.2) is 0 Å². The lowest BCUT2D eigenvalue weighted by Crippen LogP contribution is -1.96. The van der Waals surface area contributed by atoms with E-state index in [4.69, 9.17) is 23.2 Å². The van der Waals surface area contributed by atoms with Crippen LogP contribution in [0.2, 0.25) is 10.0 Å². The van der Waals surface area contributed by atoms with E-state index in [-0.39, 0.29) is 4.83 Å². The minimum Gasteiger partial charge on any atom is -0.265 e. The Labute approximate surface area is 119 Å². The van der Waals surface area contributed by atoms with Gasteiger partial charge in [-0.2, -0.15) is 0 Å². The third-order valence-electron chi connectivity index (χ3n) is 2.46. The molecule has 4 heteroatoms. The van der Waals surface area contributed by atoms with Crippen LogP contribution in [0, 0.1) is 0 Å². The number of nitrogens with zero attached hydrogens (tertiary/aromatic N) is 1. The molecule has 0 bridgehead atoms. The molecule has 2 aromatic rings. The fourth-order valence-electron chi connectivity index (χ4n) is 1.59. The number of aromatic nitrogens is 1. The number of benzene rings is 1. The second-order valence-corrected chi connectivity index (χ2v) is 5.64. The molecule has 1 nitrogen and oxygen atoms in total. The molecule has 0 aliphatic rings. The van der Waals surface area contributed by atoms with Gasteiger partial charge >= 0.3 is 0 Å². The van der Waals surface area contributed by atoms with Gasteiger partial charge in [0.2, 0.25) is 0 Å². The Bertz CT molecular complexity index is 502. The van der Waals surface area contributed by atoms with Crippen LogP contribution in [0.25, 0.3) is 0 Å². The van der Waals surface area contributed by atoms with Crippen molar-refractivity contribution < 1.29 is 0 Å². The summed E-state index contributed by atoms with van der Waals surface area (Å²) < 4.78 is 0. The quantitative estimate of drug-likeness (QED) is 0.716. The van der Waals surface area contributed by atoms with E-state index in [0.29, 0.717) is 5.02 Å². The molecule has 0 saturated carbocycles. The molecule has 0 aliphatic carbocycles. The highest BCUT2D eigenvalue weighted by molar-refractivity contribution is 9.09. The summed E-state index contributed by atoms with van der Waals surface area (Å²) >= 11 is 15.8. The summed E-state index contributed by atoms with van der Waals surface area (Å²) in [5, 5.41) is 1.42. The fourth-order valence-corrected chi connectivity index (χ4v) is 2.90. The lowest BCUT2D eigenvalue weighted by molar-refractivity contribution is 0.945. The number of rotatable bonds is 3. The zero-order valence-corrected chi connectivity index (χ0v) is 12.0. The number of hydrogen-bond donors (Lipinski definition) is 0. The molecule has 1 atom stereocenters. The normalized spacial score (nSPS) is 12.4. The predicted octanol–water partition coefficient (Wildman–Crippen LogP) is 5.07. The molecule has 88 valence electrons. The molecule has 2 rings (SSSR count). The Morgan fingerprint density at radius 2 is 1.82 bits per heavy atom. The third kappa shape index (κ3) is 3.44. The summed E-state index contributed by atoms with van der Waals surface area (Å²) in [4.78, 5) is 4.14. The summed E-state index contributed by atoms with van der Waals surface area (Å²) in [5.41, 5.74) is 2.22. The number of halogens is 3. The van der Waals surface area contributed by atoms with Crippen molar-refractivity contribution >= 4 is 39.1 Å². The van der Waals surface area contributed by atoms with Crippen LogP contribution in [0.3, 0.4) is 0 Å². The van der Waals surface area contributed by atoms with E-state index in [1.807, 2.05) is 24.3 Å². The standard InChI is InChI=1S/C13H10BrCl2N/c14-12(7-9-3-5-17-6-4-9)11-8-10(15)1-2-13(11)16/h1-6,8,12H,7H2. The van der Waals surface area contributed by atoms with Crippen LogP contribution in [0.5, 0.6) is 0 Å². The van der Waals surface area contributed by atoms with Crippen molar-refractivity contribution in [3.05, 3.63) is 63.9 Å². The van der Waals surface area contributed by atoms with Crippen LogP contribution < -0.4 is 0 Å². The summed E-state index contributed by atoms with van der Waals surface area (Å²) in [5.74, 6) is 0. The predicted molar refractivity (Wildman–Crippen MR) is 76.1 cm³/mol. The zero-order valence-electron chi connectivity index (χ0n) is 8.91.